The van der Waals surface area contributed by atoms with Crippen molar-refractivity contribution in [3.63, 3.8) is 0 Å². The number of hydrogen-bond donors (Lipinski definition) is 1. The van der Waals surface area contributed by atoms with Crippen LogP contribution in [0.5, 0.6) is 0 Å². The molecule has 4 heteroatoms. The van der Waals surface area contributed by atoms with Gasteiger partial charge in [0.1, 0.15) is 0 Å². The van der Waals surface area contributed by atoms with E-state index in [1.807, 2.05) is 49.9 Å². The summed E-state index contributed by atoms with van der Waals surface area (Å²) in [6.07, 6.45) is 0. The van der Waals surface area contributed by atoms with Crippen molar-refractivity contribution in [2.24, 2.45) is 0 Å². The Morgan fingerprint density at radius 2 is 1.83 bits per heavy atom. The molecule has 0 heterocycles. The maximum atomic E-state index is 11.8. The zero-order valence-corrected chi connectivity index (χ0v) is 12.0. The predicted molar refractivity (Wildman–Crippen MR) is 75.8 cm³/mol. The standard InChI is InChI=1S/C14H21ClN2O/c1-4-17(5-2)14(18)10-16-11(3)12-6-8-13(15)9-7-12/h6-9,11,16H,4-5,10H2,1-3H3/t11-/m0/s1. The second-order valence-electron chi connectivity index (χ2n) is 4.22. The number of benzene rings is 1. The van der Waals surface area contributed by atoms with E-state index in [0.717, 1.165) is 23.7 Å². The number of nitrogens with zero attached hydrogens (tertiary/aromatic N) is 1. The lowest BCUT2D eigenvalue weighted by Crippen LogP contribution is -2.38. The van der Waals surface area contributed by atoms with Crippen LogP contribution in [-0.4, -0.2) is 30.4 Å². The molecule has 1 aromatic rings. The molecular weight excluding hydrogens is 248 g/mol. The topological polar surface area (TPSA) is 32.3 Å². The summed E-state index contributed by atoms with van der Waals surface area (Å²) < 4.78 is 0. The van der Waals surface area contributed by atoms with Gasteiger partial charge in [0.25, 0.3) is 0 Å². The van der Waals surface area contributed by atoms with E-state index < -0.39 is 0 Å². The van der Waals surface area contributed by atoms with Crippen molar-refractivity contribution < 1.29 is 4.79 Å². The van der Waals surface area contributed by atoms with Crippen molar-refractivity contribution in [3.8, 4) is 0 Å². The second-order valence-corrected chi connectivity index (χ2v) is 4.66. The monoisotopic (exact) mass is 268 g/mol. The van der Waals surface area contributed by atoms with E-state index in [0.29, 0.717) is 6.54 Å². The van der Waals surface area contributed by atoms with Gasteiger partial charge >= 0.3 is 0 Å². The van der Waals surface area contributed by atoms with Gasteiger partial charge in [0, 0.05) is 24.2 Å². The summed E-state index contributed by atoms with van der Waals surface area (Å²) in [5.41, 5.74) is 1.13. The van der Waals surface area contributed by atoms with Crippen molar-refractivity contribution in [2.75, 3.05) is 19.6 Å². The van der Waals surface area contributed by atoms with Crippen molar-refractivity contribution in [2.45, 2.75) is 26.8 Å². The molecule has 18 heavy (non-hydrogen) atoms. The molecule has 1 amide bonds. The average Bonchev–Trinajstić information content (AvgIpc) is 2.38. The smallest absolute Gasteiger partial charge is 0.236 e. The van der Waals surface area contributed by atoms with Crippen LogP contribution in [-0.2, 0) is 4.79 Å². The summed E-state index contributed by atoms with van der Waals surface area (Å²) in [7, 11) is 0. The van der Waals surface area contributed by atoms with E-state index in [-0.39, 0.29) is 11.9 Å². The first-order valence-electron chi connectivity index (χ1n) is 6.35. The molecule has 0 aliphatic heterocycles. The molecule has 1 N–H and O–H groups in total. The molecule has 0 bridgehead atoms. The third-order valence-electron chi connectivity index (χ3n) is 3.05. The minimum Gasteiger partial charge on any atom is -0.342 e. The fourth-order valence-electron chi connectivity index (χ4n) is 1.80. The van der Waals surface area contributed by atoms with Crippen LogP contribution in [0.15, 0.2) is 24.3 Å². The fraction of sp³-hybridized carbons (Fsp3) is 0.500. The Kier molecular flexibility index (Phi) is 6.16. The summed E-state index contributed by atoms with van der Waals surface area (Å²) >= 11 is 5.84. The fourth-order valence-corrected chi connectivity index (χ4v) is 1.92. The van der Waals surface area contributed by atoms with Gasteiger partial charge in [0.05, 0.1) is 6.54 Å². The lowest BCUT2D eigenvalue weighted by Gasteiger charge is -2.21. The molecule has 1 atom stereocenters. The van der Waals surface area contributed by atoms with Gasteiger partial charge in [0.2, 0.25) is 5.91 Å². The summed E-state index contributed by atoms with van der Waals surface area (Å²) in [6, 6.07) is 7.81. The molecule has 0 saturated carbocycles. The number of halogens is 1. The van der Waals surface area contributed by atoms with Gasteiger partial charge in [-0.15, -0.1) is 0 Å². The zero-order chi connectivity index (χ0) is 13.5. The molecule has 0 saturated heterocycles. The number of carbonyl (C=O) groups excluding carboxylic acids is 1. The van der Waals surface area contributed by atoms with Gasteiger partial charge < -0.3 is 10.2 Å². The third kappa shape index (κ3) is 4.31. The molecule has 1 rings (SSSR count). The molecule has 1 aromatic carbocycles. The van der Waals surface area contributed by atoms with Gasteiger partial charge in [-0.25, -0.2) is 0 Å². The van der Waals surface area contributed by atoms with Crippen molar-refractivity contribution in [3.05, 3.63) is 34.9 Å². The quantitative estimate of drug-likeness (QED) is 0.860. The van der Waals surface area contributed by atoms with Gasteiger partial charge in [-0.05, 0) is 38.5 Å². The van der Waals surface area contributed by atoms with Crippen LogP contribution in [0.4, 0.5) is 0 Å². The van der Waals surface area contributed by atoms with Gasteiger partial charge in [-0.2, -0.15) is 0 Å². The van der Waals surface area contributed by atoms with Crippen LogP contribution < -0.4 is 5.32 Å². The highest BCUT2D eigenvalue weighted by molar-refractivity contribution is 6.30. The number of likely N-dealkylation sites (N-methyl/N-ethyl adjacent to an activating group) is 1. The first-order chi connectivity index (χ1) is 8.58. The summed E-state index contributed by atoms with van der Waals surface area (Å²) in [5, 5.41) is 3.96. The maximum absolute atomic E-state index is 11.8. The lowest BCUT2D eigenvalue weighted by molar-refractivity contribution is -0.129. The Balaban J connectivity index is 2.48. The molecule has 0 spiro atoms. The highest BCUT2D eigenvalue weighted by Gasteiger charge is 2.11. The number of amides is 1. The SMILES string of the molecule is CCN(CC)C(=O)CN[C@@H](C)c1ccc(Cl)cc1. The van der Waals surface area contributed by atoms with E-state index in [9.17, 15) is 4.79 Å². The molecule has 100 valence electrons. The Labute approximate surface area is 114 Å². The number of hydrogen-bond acceptors (Lipinski definition) is 2. The minimum atomic E-state index is 0.140. The number of rotatable bonds is 6. The van der Waals surface area contributed by atoms with E-state index in [4.69, 9.17) is 11.6 Å². The molecule has 0 aliphatic rings. The van der Waals surface area contributed by atoms with Crippen molar-refractivity contribution in [1.29, 1.82) is 0 Å². The van der Waals surface area contributed by atoms with Gasteiger partial charge in [0.15, 0.2) is 0 Å². The molecule has 0 aliphatic carbocycles. The molecule has 0 fully saturated rings. The van der Waals surface area contributed by atoms with E-state index in [1.54, 1.807) is 0 Å². The summed E-state index contributed by atoms with van der Waals surface area (Å²) in [5.74, 6) is 0.140. The molecule has 0 aromatic heterocycles. The van der Waals surface area contributed by atoms with Crippen LogP contribution in [0.25, 0.3) is 0 Å². The molecule has 0 unspecified atom stereocenters. The number of carbonyl (C=O) groups is 1. The first-order valence-corrected chi connectivity index (χ1v) is 6.72. The Bertz CT molecular complexity index is 374. The Morgan fingerprint density at radius 1 is 1.28 bits per heavy atom. The maximum Gasteiger partial charge on any atom is 0.236 e. The highest BCUT2D eigenvalue weighted by Crippen LogP contribution is 2.15. The minimum absolute atomic E-state index is 0.140. The van der Waals surface area contributed by atoms with Crippen LogP contribution in [0.3, 0.4) is 0 Å². The van der Waals surface area contributed by atoms with Crippen LogP contribution in [0, 0.1) is 0 Å². The molecule has 0 radical (unpaired) electrons. The van der Waals surface area contributed by atoms with Crippen LogP contribution in [0.2, 0.25) is 5.02 Å². The summed E-state index contributed by atoms with van der Waals surface area (Å²) in [4.78, 5) is 13.7. The average molecular weight is 269 g/mol. The third-order valence-corrected chi connectivity index (χ3v) is 3.30. The van der Waals surface area contributed by atoms with Crippen LogP contribution >= 0.6 is 11.6 Å². The second kappa shape index (κ2) is 7.39. The molecular formula is C14H21ClN2O. The highest BCUT2D eigenvalue weighted by atomic mass is 35.5. The number of nitrogens with one attached hydrogen (secondary N) is 1. The van der Waals surface area contributed by atoms with Gasteiger partial charge in [-0.3, -0.25) is 4.79 Å². The van der Waals surface area contributed by atoms with E-state index in [2.05, 4.69) is 5.32 Å². The largest absolute Gasteiger partial charge is 0.342 e. The zero-order valence-electron chi connectivity index (χ0n) is 11.2. The molecule has 3 nitrogen and oxygen atoms in total. The lowest BCUT2D eigenvalue weighted by atomic mass is 10.1. The van der Waals surface area contributed by atoms with E-state index >= 15 is 0 Å². The summed E-state index contributed by atoms with van der Waals surface area (Å²) in [6.45, 7) is 7.90. The van der Waals surface area contributed by atoms with Crippen LogP contribution in [0.1, 0.15) is 32.4 Å². The first kappa shape index (κ1) is 15.0. The Morgan fingerprint density at radius 3 is 2.33 bits per heavy atom. The Hall–Kier alpha value is -1.06. The van der Waals surface area contributed by atoms with Crippen molar-refractivity contribution >= 4 is 17.5 Å². The predicted octanol–water partition coefficient (Wildman–Crippen LogP) is 2.86. The van der Waals surface area contributed by atoms with Crippen molar-refractivity contribution in [1.82, 2.24) is 10.2 Å². The van der Waals surface area contributed by atoms with E-state index in [1.165, 1.54) is 0 Å². The van der Waals surface area contributed by atoms with Gasteiger partial charge in [-0.1, -0.05) is 23.7 Å². The normalized spacial score (nSPS) is 12.2.